The Balaban J connectivity index is 2.26. The van der Waals surface area contributed by atoms with Crippen LogP contribution in [0.15, 0.2) is 24.3 Å². The van der Waals surface area contributed by atoms with Crippen LogP contribution in [0.5, 0.6) is 0 Å². The lowest BCUT2D eigenvalue weighted by atomic mass is 9.72. The minimum Gasteiger partial charge on any atom is -0.322 e. The molecule has 0 amide bonds. The molecule has 1 saturated carbocycles. The molecular formula is C11H13F2N. The maximum Gasteiger partial charge on any atom is 0.146 e. The molecule has 1 aliphatic rings. The molecule has 14 heavy (non-hydrogen) atoms. The van der Waals surface area contributed by atoms with Crippen molar-refractivity contribution >= 4 is 0 Å². The molecule has 1 atom stereocenters. The third-order valence-corrected chi connectivity index (χ3v) is 2.97. The molecule has 0 aliphatic heterocycles. The highest BCUT2D eigenvalue weighted by molar-refractivity contribution is 5.24. The molecule has 0 bridgehead atoms. The van der Waals surface area contributed by atoms with Crippen LogP contribution < -0.4 is 5.73 Å². The van der Waals surface area contributed by atoms with Crippen molar-refractivity contribution in [2.24, 2.45) is 5.73 Å². The molecule has 1 aliphatic carbocycles. The van der Waals surface area contributed by atoms with Crippen LogP contribution >= 0.6 is 0 Å². The SMILES string of the molecule is NC1(C(F)c2ccccc2F)CCC1. The van der Waals surface area contributed by atoms with Gasteiger partial charge in [-0.3, -0.25) is 0 Å². The molecule has 3 heteroatoms. The first kappa shape index (κ1) is 9.59. The summed E-state index contributed by atoms with van der Waals surface area (Å²) in [4.78, 5) is 0. The van der Waals surface area contributed by atoms with Crippen molar-refractivity contribution in [2.75, 3.05) is 0 Å². The van der Waals surface area contributed by atoms with Gasteiger partial charge in [-0.05, 0) is 25.3 Å². The molecular weight excluding hydrogens is 184 g/mol. The minimum absolute atomic E-state index is 0.0923. The minimum atomic E-state index is -1.38. The van der Waals surface area contributed by atoms with Gasteiger partial charge in [0, 0.05) is 5.56 Å². The molecule has 0 aromatic heterocycles. The fourth-order valence-electron chi connectivity index (χ4n) is 1.83. The van der Waals surface area contributed by atoms with E-state index in [0.717, 1.165) is 6.42 Å². The Morgan fingerprint density at radius 1 is 1.29 bits per heavy atom. The molecule has 2 rings (SSSR count). The molecule has 0 spiro atoms. The third kappa shape index (κ3) is 1.42. The predicted octanol–water partition coefficient (Wildman–Crippen LogP) is 2.72. The van der Waals surface area contributed by atoms with E-state index in [9.17, 15) is 8.78 Å². The second kappa shape index (κ2) is 3.31. The highest BCUT2D eigenvalue weighted by Crippen LogP contribution is 2.42. The highest BCUT2D eigenvalue weighted by Gasteiger charge is 2.42. The number of nitrogens with two attached hydrogens (primary N) is 1. The van der Waals surface area contributed by atoms with E-state index in [1.807, 2.05) is 0 Å². The van der Waals surface area contributed by atoms with Crippen molar-refractivity contribution in [3.8, 4) is 0 Å². The van der Waals surface area contributed by atoms with Crippen LogP contribution in [0.4, 0.5) is 8.78 Å². The lowest BCUT2D eigenvalue weighted by Gasteiger charge is -2.40. The van der Waals surface area contributed by atoms with E-state index in [1.54, 1.807) is 12.1 Å². The molecule has 0 heterocycles. The number of rotatable bonds is 2. The van der Waals surface area contributed by atoms with Gasteiger partial charge < -0.3 is 5.73 Å². The van der Waals surface area contributed by atoms with Gasteiger partial charge in [0.1, 0.15) is 12.0 Å². The van der Waals surface area contributed by atoms with E-state index in [2.05, 4.69) is 0 Å². The van der Waals surface area contributed by atoms with E-state index in [0.29, 0.717) is 12.8 Å². The Hall–Kier alpha value is -0.960. The van der Waals surface area contributed by atoms with Crippen LogP contribution in [0.1, 0.15) is 31.0 Å². The summed E-state index contributed by atoms with van der Waals surface area (Å²) >= 11 is 0. The Morgan fingerprint density at radius 2 is 1.93 bits per heavy atom. The van der Waals surface area contributed by atoms with Crippen LogP contribution in [-0.4, -0.2) is 5.54 Å². The van der Waals surface area contributed by atoms with Gasteiger partial charge in [-0.25, -0.2) is 8.78 Å². The van der Waals surface area contributed by atoms with Gasteiger partial charge in [0.2, 0.25) is 0 Å². The van der Waals surface area contributed by atoms with Crippen LogP contribution in [0.3, 0.4) is 0 Å². The number of halogens is 2. The van der Waals surface area contributed by atoms with E-state index < -0.39 is 17.5 Å². The van der Waals surface area contributed by atoms with E-state index in [4.69, 9.17) is 5.73 Å². The second-order valence-electron chi connectivity index (χ2n) is 3.97. The zero-order chi connectivity index (χ0) is 10.2. The monoisotopic (exact) mass is 197 g/mol. The molecule has 1 fully saturated rings. The number of benzene rings is 1. The molecule has 76 valence electrons. The standard InChI is InChI=1S/C11H13F2N/c12-9-5-2-1-4-8(9)10(13)11(14)6-3-7-11/h1-2,4-5,10H,3,6-7,14H2. The maximum atomic E-state index is 13.9. The van der Waals surface area contributed by atoms with Crippen molar-refractivity contribution in [3.05, 3.63) is 35.6 Å². The molecule has 1 unspecified atom stereocenters. The summed E-state index contributed by atoms with van der Waals surface area (Å²) in [6.07, 6.45) is 0.841. The lowest BCUT2D eigenvalue weighted by molar-refractivity contribution is 0.105. The summed E-state index contributed by atoms with van der Waals surface area (Å²) in [6.45, 7) is 0. The van der Waals surface area contributed by atoms with Gasteiger partial charge in [0.15, 0.2) is 0 Å². The van der Waals surface area contributed by atoms with Crippen molar-refractivity contribution in [2.45, 2.75) is 31.0 Å². The summed E-state index contributed by atoms with van der Waals surface area (Å²) in [6, 6.07) is 5.92. The van der Waals surface area contributed by atoms with Crippen LogP contribution in [0.2, 0.25) is 0 Å². The maximum absolute atomic E-state index is 13.9. The first-order chi connectivity index (χ1) is 6.63. The van der Waals surface area contributed by atoms with Gasteiger partial charge in [-0.1, -0.05) is 18.2 Å². The van der Waals surface area contributed by atoms with Crippen LogP contribution in [0, 0.1) is 5.82 Å². The second-order valence-corrected chi connectivity index (χ2v) is 3.97. The Bertz CT molecular complexity index is 334. The Morgan fingerprint density at radius 3 is 2.43 bits per heavy atom. The molecule has 1 nitrogen and oxygen atoms in total. The third-order valence-electron chi connectivity index (χ3n) is 2.97. The van der Waals surface area contributed by atoms with Crippen molar-refractivity contribution < 1.29 is 8.78 Å². The summed E-state index contributed by atoms with van der Waals surface area (Å²) in [7, 11) is 0. The van der Waals surface area contributed by atoms with Gasteiger partial charge >= 0.3 is 0 Å². The van der Waals surface area contributed by atoms with Gasteiger partial charge in [0.25, 0.3) is 0 Å². The van der Waals surface area contributed by atoms with Gasteiger partial charge in [0.05, 0.1) is 5.54 Å². The van der Waals surface area contributed by atoms with Gasteiger partial charge in [-0.2, -0.15) is 0 Å². The normalized spacial score (nSPS) is 21.4. The van der Waals surface area contributed by atoms with Crippen LogP contribution in [0.25, 0.3) is 0 Å². The summed E-state index contributed by atoms with van der Waals surface area (Å²) in [5.74, 6) is -0.503. The Labute approximate surface area is 81.9 Å². The highest BCUT2D eigenvalue weighted by atomic mass is 19.1. The van der Waals surface area contributed by atoms with Crippen molar-refractivity contribution in [3.63, 3.8) is 0 Å². The van der Waals surface area contributed by atoms with E-state index >= 15 is 0 Å². The zero-order valence-electron chi connectivity index (χ0n) is 7.84. The summed E-state index contributed by atoms with van der Waals surface area (Å²) in [5, 5.41) is 0. The first-order valence-corrected chi connectivity index (χ1v) is 4.81. The lowest BCUT2D eigenvalue weighted by Crippen LogP contribution is -2.50. The molecule has 0 saturated heterocycles. The van der Waals surface area contributed by atoms with E-state index in [1.165, 1.54) is 12.1 Å². The molecule has 2 N–H and O–H groups in total. The smallest absolute Gasteiger partial charge is 0.146 e. The Kier molecular flexibility index (Phi) is 2.27. The average Bonchev–Trinajstić information content (AvgIpc) is 2.14. The topological polar surface area (TPSA) is 26.0 Å². The number of alkyl halides is 1. The average molecular weight is 197 g/mol. The van der Waals surface area contributed by atoms with Gasteiger partial charge in [-0.15, -0.1) is 0 Å². The predicted molar refractivity (Wildman–Crippen MR) is 51.0 cm³/mol. The molecule has 1 aromatic rings. The fraction of sp³-hybridized carbons (Fsp3) is 0.455. The largest absolute Gasteiger partial charge is 0.322 e. The van der Waals surface area contributed by atoms with Crippen molar-refractivity contribution in [1.29, 1.82) is 0 Å². The quantitative estimate of drug-likeness (QED) is 0.775. The molecule has 0 radical (unpaired) electrons. The molecule has 1 aromatic carbocycles. The van der Waals surface area contributed by atoms with Crippen molar-refractivity contribution in [1.82, 2.24) is 0 Å². The van der Waals surface area contributed by atoms with Crippen LogP contribution in [-0.2, 0) is 0 Å². The number of hydrogen-bond donors (Lipinski definition) is 1. The summed E-state index contributed by atoms with van der Waals surface area (Å²) in [5.41, 5.74) is 5.07. The summed E-state index contributed by atoms with van der Waals surface area (Å²) < 4.78 is 27.1. The number of hydrogen-bond acceptors (Lipinski definition) is 1. The fourth-order valence-corrected chi connectivity index (χ4v) is 1.83. The van der Waals surface area contributed by atoms with E-state index in [-0.39, 0.29) is 5.56 Å². The first-order valence-electron chi connectivity index (χ1n) is 4.81. The zero-order valence-corrected chi connectivity index (χ0v) is 7.84.